The van der Waals surface area contributed by atoms with Crippen LogP contribution < -0.4 is 4.90 Å². The standard InChI is InChI=1S/C11H19ClN4S/c1-3-5-7-16(8-6-4-2)10-13-9(12)14-11(17)15-10/h3-8H2,1-2H3,(H,13,14,15,17). The molecule has 0 aliphatic carbocycles. The van der Waals surface area contributed by atoms with Crippen LogP contribution in [0.5, 0.6) is 0 Å². The smallest absolute Gasteiger partial charge is 0.225 e. The maximum atomic E-state index is 5.86. The quantitative estimate of drug-likeness (QED) is 0.772. The lowest BCUT2D eigenvalue weighted by molar-refractivity contribution is 0.660. The average molecular weight is 275 g/mol. The van der Waals surface area contributed by atoms with E-state index in [0.717, 1.165) is 44.7 Å². The van der Waals surface area contributed by atoms with E-state index < -0.39 is 0 Å². The molecule has 0 saturated carbocycles. The molecule has 0 bridgehead atoms. The van der Waals surface area contributed by atoms with Gasteiger partial charge >= 0.3 is 0 Å². The monoisotopic (exact) mass is 274 g/mol. The number of hydrogen-bond donors (Lipinski definition) is 1. The first kappa shape index (κ1) is 14.4. The zero-order chi connectivity index (χ0) is 12.7. The van der Waals surface area contributed by atoms with Gasteiger partial charge in [0.15, 0.2) is 0 Å². The summed E-state index contributed by atoms with van der Waals surface area (Å²) in [4.78, 5) is 13.3. The van der Waals surface area contributed by atoms with Gasteiger partial charge in [0.05, 0.1) is 0 Å². The predicted molar refractivity (Wildman–Crippen MR) is 74.3 cm³/mol. The zero-order valence-corrected chi connectivity index (χ0v) is 11.9. The van der Waals surface area contributed by atoms with Crippen LogP contribution in [0, 0.1) is 4.77 Å². The number of rotatable bonds is 7. The number of H-pyrrole nitrogens is 1. The molecule has 1 aromatic heterocycles. The van der Waals surface area contributed by atoms with Gasteiger partial charge in [0.2, 0.25) is 16.0 Å². The van der Waals surface area contributed by atoms with Crippen LogP contribution in [0.1, 0.15) is 39.5 Å². The maximum absolute atomic E-state index is 5.86. The van der Waals surface area contributed by atoms with E-state index in [-0.39, 0.29) is 0 Å². The normalized spacial score (nSPS) is 10.5. The summed E-state index contributed by atoms with van der Waals surface area (Å²) in [5.41, 5.74) is 0. The summed E-state index contributed by atoms with van der Waals surface area (Å²) in [5, 5.41) is 0.304. The van der Waals surface area contributed by atoms with Gasteiger partial charge in [-0.05, 0) is 36.7 Å². The van der Waals surface area contributed by atoms with Crippen molar-refractivity contribution in [2.45, 2.75) is 39.5 Å². The fourth-order valence-corrected chi connectivity index (χ4v) is 1.91. The van der Waals surface area contributed by atoms with Crippen LogP contribution in [0.4, 0.5) is 5.95 Å². The highest BCUT2D eigenvalue weighted by molar-refractivity contribution is 7.71. The average Bonchev–Trinajstić information content (AvgIpc) is 2.28. The van der Waals surface area contributed by atoms with Gasteiger partial charge in [-0.15, -0.1) is 0 Å². The van der Waals surface area contributed by atoms with Gasteiger partial charge in [0.1, 0.15) is 0 Å². The Hall–Kier alpha value is -0.680. The minimum atomic E-state index is 0.293. The summed E-state index contributed by atoms with van der Waals surface area (Å²) in [6.45, 7) is 6.28. The Morgan fingerprint density at radius 2 is 1.76 bits per heavy atom. The molecular formula is C11H19ClN4S. The number of anilines is 1. The Morgan fingerprint density at radius 1 is 1.18 bits per heavy atom. The number of hydrogen-bond acceptors (Lipinski definition) is 4. The number of aromatic amines is 1. The molecule has 1 heterocycles. The molecule has 0 saturated heterocycles. The molecule has 1 rings (SSSR count). The second-order valence-corrected chi connectivity index (χ2v) is 4.66. The highest BCUT2D eigenvalue weighted by Crippen LogP contribution is 2.11. The Morgan fingerprint density at radius 3 is 2.24 bits per heavy atom. The van der Waals surface area contributed by atoms with Gasteiger partial charge in [-0.2, -0.15) is 9.97 Å². The van der Waals surface area contributed by atoms with Crippen molar-refractivity contribution in [2.75, 3.05) is 18.0 Å². The lowest BCUT2D eigenvalue weighted by Gasteiger charge is -2.22. The van der Waals surface area contributed by atoms with Gasteiger partial charge in [-0.25, -0.2) is 0 Å². The Balaban J connectivity index is 2.82. The van der Waals surface area contributed by atoms with E-state index in [1.54, 1.807) is 0 Å². The Bertz CT molecular complexity index is 385. The minimum absolute atomic E-state index is 0.293. The van der Waals surface area contributed by atoms with Crippen LogP contribution in [0.15, 0.2) is 0 Å². The van der Waals surface area contributed by atoms with Crippen molar-refractivity contribution in [3.8, 4) is 0 Å². The van der Waals surface area contributed by atoms with Crippen molar-refractivity contribution in [1.29, 1.82) is 0 Å². The molecule has 0 aliphatic heterocycles. The summed E-state index contributed by atoms with van der Waals surface area (Å²) in [6, 6.07) is 0. The van der Waals surface area contributed by atoms with Crippen LogP contribution in [0.3, 0.4) is 0 Å². The minimum Gasteiger partial charge on any atom is -0.342 e. The zero-order valence-electron chi connectivity index (χ0n) is 10.4. The van der Waals surface area contributed by atoms with E-state index in [1.165, 1.54) is 0 Å². The largest absolute Gasteiger partial charge is 0.342 e. The molecule has 96 valence electrons. The number of aromatic nitrogens is 3. The lowest BCUT2D eigenvalue weighted by atomic mass is 10.3. The van der Waals surface area contributed by atoms with Crippen molar-refractivity contribution in [2.24, 2.45) is 0 Å². The van der Waals surface area contributed by atoms with E-state index in [1.807, 2.05) is 0 Å². The Kier molecular flexibility index (Phi) is 6.44. The van der Waals surface area contributed by atoms with E-state index in [9.17, 15) is 0 Å². The molecule has 0 spiro atoms. The van der Waals surface area contributed by atoms with Crippen LogP contribution in [0.2, 0.25) is 5.28 Å². The van der Waals surface area contributed by atoms with Crippen LogP contribution in [-0.2, 0) is 0 Å². The van der Waals surface area contributed by atoms with Crippen molar-refractivity contribution < 1.29 is 0 Å². The first-order valence-electron chi connectivity index (χ1n) is 6.06. The molecule has 0 unspecified atom stereocenters. The lowest BCUT2D eigenvalue weighted by Crippen LogP contribution is -2.27. The second kappa shape index (κ2) is 7.61. The number of nitrogens with zero attached hydrogens (tertiary/aromatic N) is 3. The summed E-state index contributed by atoms with van der Waals surface area (Å²) in [6.07, 6.45) is 4.57. The van der Waals surface area contributed by atoms with Crippen LogP contribution in [0.25, 0.3) is 0 Å². The fraction of sp³-hybridized carbons (Fsp3) is 0.727. The number of nitrogens with one attached hydrogen (secondary N) is 1. The molecule has 0 amide bonds. The topological polar surface area (TPSA) is 44.8 Å². The second-order valence-electron chi connectivity index (χ2n) is 3.94. The number of halogens is 1. The third-order valence-corrected chi connectivity index (χ3v) is 2.83. The van der Waals surface area contributed by atoms with Crippen molar-refractivity contribution in [3.05, 3.63) is 10.1 Å². The van der Waals surface area contributed by atoms with E-state index in [4.69, 9.17) is 23.8 Å². The summed E-state index contributed by atoms with van der Waals surface area (Å²) in [5.74, 6) is 0.733. The van der Waals surface area contributed by atoms with Crippen molar-refractivity contribution in [1.82, 2.24) is 15.0 Å². The molecule has 0 fully saturated rings. The highest BCUT2D eigenvalue weighted by atomic mass is 35.5. The maximum Gasteiger partial charge on any atom is 0.225 e. The third-order valence-electron chi connectivity index (χ3n) is 2.47. The summed E-state index contributed by atoms with van der Waals surface area (Å²) >= 11 is 10.8. The van der Waals surface area contributed by atoms with Gasteiger partial charge < -0.3 is 9.88 Å². The van der Waals surface area contributed by atoms with Gasteiger partial charge in [0, 0.05) is 13.1 Å². The first-order chi connectivity index (χ1) is 8.17. The molecule has 1 aromatic rings. The summed E-state index contributed by atoms with van der Waals surface area (Å²) in [7, 11) is 0. The number of unbranched alkanes of at least 4 members (excludes halogenated alkanes) is 2. The molecule has 6 heteroatoms. The van der Waals surface area contributed by atoms with Crippen LogP contribution >= 0.6 is 23.8 Å². The molecule has 17 heavy (non-hydrogen) atoms. The SMILES string of the molecule is CCCCN(CCCC)c1nc(=S)nc(Cl)[nH]1. The molecule has 0 aromatic carbocycles. The highest BCUT2D eigenvalue weighted by Gasteiger charge is 2.08. The molecule has 4 nitrogen and oxygen atoms in total. The predicted octanol–water partition coefficient (Wildman–Crippen LogP) is 3.59. The van der Waals surface area contributed by atoms with Crippen LogP contribution in [-0.4, -0.2) is 28.0 Å². The fourth-order valence-electron chi connectivity index (χ4n) is 1.52. The Labute approximate surface area is 112 Å². The van der Waals surface area contributed by atoms with E-state index >= 15 is 0 Å². The molecule has 1 N–H and O–H groups in total. The van der Waals surface area contributed by atoms with Crippen molar-refractivity contribution >= 4 is 29.8 Å². The van der Waals surface area contributed by atoms with E-state index in [2.05, 4.69) is 33.7 Å². The van der Waals surface area contributed by atoms with E-state index in [0.29, 0.717) is 10.1 Å². The molecular weight excluding hydrogens is 256 g/mol. The summed E-state index contributed by atoms with van der Waals surface area (Å²) < 4.78 is 0.293. The molecule has 0 aliphatic rings. The van der Waals surface area contributed by atoms with Crippen molar-refractivity contribution in [3.63, 3.8) is 0 Å². The van der Waals surface area contributed by atoms with Gasteiger partial charge in [0.25, 0.3) is 0 Å². The molecule has 0 radical (unpaired) electrons. The first-order valence-corrected chi connectivity index (χ1v) is 6.84. The third kappa shape index (κ3) is 5.00. The van der Waals surface area contributed by atoms with Gasteiger partial charge in [-0.1, -0.05) is 26.7 Å². The van der Waals surface area contributed by atoms with Gasteiger partial charge in [-0.3, -0.25) is 0 Å². The molecule has 0 atom stereocenters.